The minimum Gasteiger partial charge on any atom is -0.444 e. The molecule has 184 valence electrons. The molecule has 1 aliphatic heterocycles. The molecule has 2 aromatic heterocycles. The third-order valence-corrected chi connectivity index (χ3v) is 6.17. The summed E-state index contributed by atoms with van der Waals surface area (Å²) in [5.74, 6) is 0.239. The lowest BCUT2D eigenvalue weighted by Crippen LogP contribution is -2.50. The summed E-state index contributed by atoms with van der Waals surface area (Å²) in [6.45, 7) is 15.4. The first-order chi connectivity index (χ1) is 16.1. The number of amides is 1. The number of hydrogen-bond donors (Lipinski definition) is 1. The lowest BCUT2D eigenvalue weighted by molar-refractivity contribution is 0.00787. The van der Waals surface area contributed by atoms with Gasteiger partial charge in [0.1, 0.15) is 5.60 Å². The van der Waals surface area contributed by atoms with Crippen molar-refractivity contribution < 1.29 is 9.53 Å². The first-order valence-corrected chi connectivity index (χ1v) is 12.1. The van der Waals surface area contributed by atoms with Gasteiger partial charge in [-0.1, -0.05) is 19.9 Å². The fraction of sp³-hybridized carbons (Fsp3) is 0.519. The molecule has 0 spiro atoms. The van der Waals surface area contributed by atoms with E-state index in [4.69, 9.17) is 9.72 Å². The SMILES string of the molecule is C/C=c1/ncn(C)/c1=C/C(Nc1cnc(C2CN(C(=O)OC(C)(C)C)C2)cc1CC)=C(\C)CC. The summed E-state index contributed by atoms with van der Waals surface area (Å²) in [6, 6.07) is 2.17. The molecule has 0 aliphatic carbocycles. The van der Waals surface area contributed by atoms with Gasteiger partial charge >= 0.3 is 6.09 Å². The maximum atomic E-state index is 12.3. The van der Waals surface area contributed by atoms with E-state index in [1.165, 1.54) is 11.1 Å². The predicted octanol–water partition coefficient (Wildman–Crippen LogP) is 4.09. The van der Waals surface area contributed by atoms with Gasteiger partial charge in [0.15, 0.2) is 0 Å². The van der Waals surface area contributed by atoms with Crippen molar-refractivity contribution in [1.82, 2.24) is 19.4 Å². The Balaban J connectivity index is 1.82. The molecule has 3 rings (SSSR count). The van der Waals surface area contributed by atoms with Crippen molar-refractivity contribution in [3.63, 3.8) is 0 Å². The number of anilines is 1. The minimum atomic E-state index is -0.479. The highest BCUT2D eigenvalue weighted by Gasteiger charge is 2.35. The zero-order valence-electron chi connectivity index (χ0n) is 21.9. The molecular weight excluding hydrogens is 426 g/mol. The highest BCUT2D eigenvalue weighted by atomic mass is 16.6. The number of hydrogen-bond acceptors (Lipinski definition) is 5. The second kappa shape index (κ2) is 10.5. The van der Waals surface area contributed by atoms with E-state index in [1.54, 1.807) is 4.90 Å². The molecule has 7 nitrogen and oxygen atoms in total. The summed E-state index contributed by atoms with van der Waals surface area (Å²) in [7, 11) is 2.01. The second-order valence-electron chi connectivity index (χ2n) is 9.93. The first kappa shape index (κ1) is 25.5. The number of pyridine rings is 1. The van der Waals surface area contributed by atoms with Crippen LogP contribution in [0.1, 0.15) is 72.1 Å². The molecule has 34 heavy (non-hydrogen) atoms. The normalized spacial score (nSPS) is 16.4. The number of nitrogens with zero attached hydrogens (tertiary/aromatic N) is 4. The fourth-order valence-electron chi connectivity index (χ4n) is 3.88. The van der Waals surface area contributed by atoms with Crippen LogP contribution in [-0.2, 0) is 18.2 Å². The van der Waals surface area contributed by atoms with E-state index in [9.17, 15) is 4.79 Å². The smallest absolute Gasteiger partial charge is 0.410 e. The predicted molar refractivity (Wildman–Crippen MR) is 138 cm³/mol. The Hall–Kier alpha value is -3.09. The van der Waals surface area contributed by atoms with Crippen molar-refractivity contribution in [2.75, 3.05) is 18.4 Å². The highest BCUT2D eigenvalue weighted by molar-refractivity contribution is 5.69. The number of imidazole rings is 1. The van der Waals surface area contributed by atoms with Crippen molar-refractivity contribution >= 4 is 23.9 Å². The van der Waals surface area contributed by atoms with Gasteiger partial charge in [-0.2, -0.15) is 0 Å². The van der Waals surface area contributed by atoms with Gasteiger partial charge in [-0.15, -0.1) is 0 Å². The largest absolute Gasteiger partial charge is 0.444 e. The van der Waals surface area contributed by atoms with Crippen molar-refractivity contribution in [3.05, 3.63) is 51.8 Å². The molecule has 1 N–H and O–H groups in total. The molecule has 7 heteroatoms. The topological polar surface area (TPSA) is 72.3 Å². The minimum absolute atomic E-state index is 0.239. The zero-order valence-corrected chi connectivity index (χ0v) is 21.9. The number of aromatic nitrogens is 3. The standard InChI is InChI=1S/C27H39N5O2/c1-9-18(4)22(13-25-21(11-3)29-17-31(25)8)30-24-14-28-23(12-19(24)10-2)20-15-32(16-20)26(33)34-27(5,6)7/h11-14,17,20,30H,9-10,15-16H2,1-8H3/b21-11+,22-18-,25-13+. The number of aryl methyl sites for hydroxylation is 2. The van der Waals surface area contributed by atoms with E-state index in [0.717, 1.165) is 40.6 Å². The number of nitrogens with one attached hydrogen (secondary N) is 1. The van der Waals surface area contributed by atoms with E-state index in [0.29, 0.717) is 13.1 Å². The van der Waals surface area contributed by atoms with Gasteiger partial charge in [-0.3, -0.25) is 4.98 Å². The van der Waals surface area contributed by atoms with Crippen LogP contribution in [0, 0.1) is 0 Å². The van der Waals surface area contributed by atoms with Crippen molar-refractivity contribution in [1.29, 1.82) is 0 Å². The van der Waals surface area contributed by atoms with Gasteiger partial charge < -0.3 is 19.5 Å². The average Bonchev–Trinajstić information content (AvgIpc) is 3.10. The van der Waals surface area contributed by atoms with Gasteiger partial charge in [0.2, 0.25) is 0 Å². The van der Waals surface area contributed by atoms with E-state index in [1.807, 2.05) is 57.9 Å². The van der Waals surface area contributed by atoms with Crippen LogP contribution < -0.4 is 16.0 Å². The Morgan fingerprint density at radius 1 is 1.26 bits per heavy atom. The third kappa shape index (κ3) is 5.88. The Labute approximate surface area is 203 Å². The molecule has 3 heterocycles. The third-order valence-electron chi connectivity index (χ3n) is 6.17. The molecule has 0 unspecified atom stereocenters. The Morgan fingerprint density at radius 3 is 2.56 bits per heavy atom. The number of rotatable bonds is 6. The number of allylic oxidation sites excluding steroid dienone is 2. The van der Waals surface area contributed by atoms with Crippen LogP contribution in [-0.4, -0.2) is 44.2 Å². The summed E-state index contributed by atoms with van der Waals surface area (Å²) in [5, 5.41) is 5.68. The number of carbonyl (C=O) groups is 1. The van der Waals surface area contributed by atoms with E-state index in [2.05, 4.69) is 43.2 Å². The van der Waals surface area contributed by atoms with Crippen LogP contribution in [0.3, 0.4) is 0 Å². The summed E-state index contributed by atoms with van der Waals surface area (Å²) >= 11 is 0. The van der Waals surface area contributed by atoms with Gasteiger partial charge in [0.25, 0.3) is 0 Å². The molecule has 1 fully saturated rings. The molecule has 0 saturated carbocycles. The molecule has 0 aromatic carbocycles. The van der Waals surface area contributed by atoms with Crippen LogP contribution in [0.2, 0.25) is 0 Å². The van der Waals surface area contributed by atoms with Crippen LogP contribution in [0.5, 0.6) is 0 Å². The average molecular weight is 466 g/mol. The van der Waals surface area contributed by atoms with E-state index < -0.39 is 5.60 Å². The highest BCUT2D eigenvalue weighted by Crippen LogP contribution is 2.30. The van der Waals surface area contributed by atoms with Crippen LogP contribution >= 0.6 is 0 Å². The summed E-state index contributed by atoms with van der Waals surface area (Å²) in [4.78, 5) is 23.2. The molecule has 1 aliphatic rings. The molecule has 0 bridgehead atoms. The van der Waals surface area contributed by atoms with Crippen molar-refractivity contribution in [3.8, 4) is 0 Å². The van der Waals surface area contributed by atoms with Gasteiger partial charge in [-0.05, 0) is 70.7 Å². The van der Waals surface area contributed by atoms with Gasteiger partial charge in [0.05, 0.1) is 28.9 Å². The van der Waals surface area contributed by atoms with E-state index >= 15 is 0 Å². The quantitative estimate of drug-likeness (QED) is 0.696. The fourth-order valence-corrected chi connectivity index (χ4v) is 3.88. The first-order valence-electron chi connectivity index (χ1n) is 12.1. The number of likely N-dealkylation sites (tertiary alicyclic amines) is 1. The molecule has 0 radical (unpaired) electrons. The van der Waals surface area contributed by atoms with Gasteiger partial charge in [-0.25, -0.2) is 9.78 Å². The number of carbonyl (C=O) groups excluding carboxylic acids is 1. The zero-order chi connectivity index (χ0) is 25.0. The molecule has 1 saturated heterocycles. The molecule has 0 atom stereocenters. The lowest BCUT2D eigenvalue weighted by Gasteiger charge is -2.39. The Bertz CT molecular complexity index is 1180. The Kier molecular flexibility index (Phi) is 7.85. The second-order valence-corrected chi connectivity index (χ2v) is 9.93. The summed E-state index contributed by atoms with van der Waals surface area (Å²) in [5.41, 5.74) is 5.10. The van der Waals surface area contributed by atoms with Crippen molar-refractivity contribution in [2.24, 2.45) is 7.05 Å². The number of ether oxygens (including phenoxy) is 1. The summed E-state index contributed by atoms with van der Waals surface area (Å²) in [6.07, 6.45) is 9.54. The molecule has 2 aromatic rings. The van der Waals surface area contributed by atoms with Gasteiger partial charge in [0, 0.05) is 37.4 Å². The van der Waals surface area contributed by atoms with Crippen LogP contribution in [0.25, 0.3) is 12.2 Å². The molecule has 1 amide bonds. The Morgan fingerprint density at radius 2 is 1.97 bits per heavy atom. The van der Waals surface area contributed by atoms with Crippen LogP contribution in [0.15, 0.2) is 29.9 Å². The maximum Gasteiger partial charge on any atom is 0.410 e. The lowest BCUT2D eigenvalue weighted by atomic mass is 9.94. The molecular formula is C27H39N5O2. The van der Waals surface area contributed by atoms with Crippen LogP contribution in [0.4, 0.5) is 10.5 Å². The maximum absolute atomic E-state index is 12.3. The summed E-state index contributed by atoms with van der Waals surface area (Å²) < 4.78 is 7.51. The van der Waals surface area contributed by atoms with Crippen molar-refractivity contribution in [2.45, 2.75) is 72.8 Å². The monoisotopic (exact) mass is 465 g/mol. The van der Waals surface area contributed by atoms with E-state index in [-0.39, 0.29) is 12.0 Å².